The third-order valence-electron chi connectivity index (χ3n) is 5.44. The second-order valence-electron chi connectivity index (χ2n) is 7.23. The summed E-state index contributed by atoms with van der Waals surface area (Å²) in [5.74, 6) is 1.83. The molecular formula is C23H19N3O3. The topological polar surface area (TPSA) is 84.2 Å². The smallest absolute Gasteiger partial charge is 0.236 e. The second-order valence-corrected chi connectivity index (χ2v) is 7.23. The largest absolute Gasteiger partial charge is 0.454 e. The number of pyridine rings is 1. The van der Waals surface area contributed by atoms with Gasteiger partial charge in [0, 0.05) is 13.2 Å². The molecule has 0 bridgehead atoms. The summed E-state index contributed by atoms with van der Waals surface area (Å²) in [4.78, 5) is 17.4. The van der Waals surface area contributed by atoms with Crippen molar-refractivity contribution in [3.05, 3.63) is 71.9 Å². The highest BCUT2D eigenvalue weighted by atomic mass is 16.7. The van der Waals surface area contributed by atoms with Crippen LogP contribution in [0.25, 0.3) is 11.1 Å². The van der Waals surface area contributed by atoms with E-state index in [0.29, 0.717) is 22.9 Å². The first kappa shape index (κ1) is 17.3. The second kappa shape index (κ2) is 6.64. The Balaban J connectivity index is 0.00000218. The van der Waals surface area contributed by atoms with E-state index in [9.17, 15) is 4.79 Å². The van der Waals surface area contributed by atoms with Gasteiger partial charge in [0.25, 0.3) is 0 Å². The van der Waals surface area contributed by atoms with E-state index >= 15 is 0 Å². The summed E-state index contributed by atoms with van der Waals surface area (Å²) in [6.45, 7) is 0.214. The molecule has 1 saturated carbocycles. The summed E-state index contributed by atoms with van der Waals surface area (Å²) in [6, 6.07) is 18.8. The standard InChI is InChI=1S/C23H17N3O3.H2/c24-12-15-2-1-3-16(10-15)17-4-7-21(25-13-17)26-22(27)23(8-9-23)18-5-6-19-20(11-18)29-14-28-19;/h1-7,10-11,13H,8-9,14H2,(H,25,26,27);1H. The first-order chi connectivity index (χ1) is 14.2. The SMILES string of the molecule is N#Cc1cccc(-c2ccc(NC(=O)C3(c4ccc5c(c4)OCO5)CC3)nc2)c1.[HH]. The molecule has 6 heteroatoms. The Hall–Kier alpha value is -3.85. The van der Waals surface area contributed by atoms with Gasteiger partial charge >= 0.3 is 0 Å². The van der Waals surface area contributed by atoms with E-state index in [4.69, 9.17) is 14.7 Å². The zero-order valence-electron chi connectivity index (χ0n) is 15.5. The molecule has 6 nitrogen and oxygen atoms in total. The first-order valence-electron chi connectivity index (χ1n) is 9.36. The number of nitriles is 1. The summed E-state index contributed by atoms with van der Waals surface area (Å²) in [5.41, 5.74) is 2.79. The van der Waals surface area contributed by atoms with Gasteiger partial charge in [0.15, 0.2) is 11.5 Å². The van der Waals surface area contributed by atoms with Crippen molar-refractivity contribution < 1.29 is 15.7 Å². The number of ether oxygens (including phenoxy) is 2. The van der Waals surface area contributed by atoms with Crippen molar-refractivity contribution in [1.82, 2.24) is 4.98 Å². The molecule has 1 amide bonds. The maximum absolute atomic E-state index is 13.0. The zero-order valence-corrected chi connectivity index (χ0v) is 15.5. The number of fused-ring (bicyclic) bond motifs is 1. The van der Waals surface area contributed by atoms with Crippen molar-refractivity contribution in [3.63, 3.8) is 0 Å². The number of hydrogen-bond donors (Lipinski definition) is 1. The Morgan fingerprint density at radius 3 is 2.69 bits per heavy atom. The number of carbonyl (C=O) groups excluding carboxylic acids is 1. The van der Waals surface area contributed by atoms with E-state index in [1.807, 2.05) is 42.5 Å². The van der Waals surface area contributed by atoms with Crippen molar-refractivity contribution in [2.45, 2.75) is 18.3 Å². The minimum absolute atomic E-state index is 0. The average molecular weight is 385 g/mol. The number of nitrogens with one attached hydrogen (secondary N) is 1. The molecule has 1 N–H and O–H groups in total. The average Bonchev–Trinajstić information content (AvgIpc) is 3.45. The molecule has 2 heterocycles. The Kier molecular flexibility index (Phi) is 3.95. The normalized spacial score (nSPS) is 15.4. The molecule has 5 rings (SSSR count). The third-order valence-corrected chi connectivity index (χ3v) is 5.44. The van der Waals surface area contributed by atoms with Crippen molar-refractivity contribution in [1.29, 1.82) is 5.26 Å². The van der Waals surface area contributed by atoms with Crippen LogP contribution in [0.1, 0.15) is 25.4 Å². The molecule has 0 saturated heterocycles. The summed E-state index contributed by atoms with van der Waals surface area (Å²) in [6.07, 6.45) is 3.28. The highest BCUT2D eigenvalue weighted by Crippen LogP contribution is 2.51. The van der Waals surface area contributed by atoms with Gasteiger partial charge in [-0.05, 0) is 60.4 Å². The molecule has 1 aromatic heterocycles. The monoisotopic (exact) mass is 385 g/mol. The van der Waals surface area contributed by atoms with Crippen molar-refractivity contribution in [3.8, 4) is 28.7 Å². The lowest BCUT2D eigenvalue weighted by Crippen LogP contribution is -2.28. The van der Waals surface area contributed by atoms with Gasteiger partial charge in [-0.3, -0.25) is 4.79 Å². The number of benzene rings is 2. The van der Waals surface area contributed by atoms with Gasteiger partial charge in [-0.25, -0.2) is 4.98 Å². The molecule has 0 spiro atoms. The van der Waals surface area contributed by atoms with Gasteiger partial charge in [-0.2, -0.15) is 5.26 Å². The fourth-order valence-electron chi connectivity index (χ4n) is 3.61. The molecule has 0 radical (unpaired) electrons. The van der Waals surface area contributed by atoms with Gasteiger partial charge in [0.2, 0.25) is 12.7 Å². The van der Waals surface area contributed by atoms with Crippen LogP contribution in [-0.2, 0) is 10.2 Å². The fourth-order valence-corrected chi connectivity index (χ4v) is 3.61. The Bertz CT molecular complexity index is 1150. The molecule has 2 aliphatic rings. The molecule has 3 aromatic rings. The number of rotatable bonds is 4. The quantitative estimate of drug-likeness (QED) is 0.725. The van der Waals surface area contributed by atoms with E-state index in [0.717, 1.165) is 29.5 Å². The highest BCUT2D eigenvalue weighted by molar-refractivity contribution is 6.01. The van der Waals surface area contributed by atoms with Crippen LogP contribution in [0.4, 0.5) is 5.82 Å². The molecule has 144 valence electrons. The van der Waals surface area contributed by atoms with Crippen LogP contribution in [-0.4, -0.2) is 17.7 Å². The van der Waals surface area contributed by atoms with Crippen LogP contribution < -0.4 is 14.8 Å². The summed E-state index contributed by atoms with van der Waals surface area (Å²) >= 11 is 0. The molecule has 0 unspecified atom stereocenters. The molecule has 1 fully saturated rings. The molecule has 1 aliphatic heterocycles. The van der Waals surface area contributed by atoms with Gasteiger partial charge in [0.1, 0.15) is 5.82 Å². The summed E-state index contributed by atoms with van der Waals surface area (Å²) in [5, 5.41) is 12.0. The predicted molar refractivity (Wildman–Crippen MR) is 109 cm³/mol. The minimum Gasteiger partial charge on any atom is -0.454 e. The zero-order chi connectivity index (χ0) is 19.8. The maximum Gasteiger partial charge on any atom is 0.236 e. The summed E-state index contributed by atoms with van der Waals surface area (Å²) < 4.78 is 10.8. The Morgan fingerprint density at radius 2 is 1.93 bits per heavy atom. The van der Waals surface area contributed by atoms with Crippen LogP contribution >= 0.6 is 0 Å². The van der Waals surface area contributed by atoms with E-state index in [2.05, 4.69) is 16.4 Å². The predicted octanol–water partition coefficient (Wildman–Crippen LogP) is 4.27. The van der Waals surface area contributed by atoms with Crippen LogP contribution in [0.3, 0.4) is 0 Å². The lowest BCUT2D eigenvalue weighted by molar-refractivity contribution is -0.118. The van der Waals surface area contributed by atoms with Gasteiger partial charge in [-0.1, -0.05) is 18.2 Å². The first-order valence-corrected chi connectivity index (χ1v) is 9.36. The minimum atomic E-state index is -0.539. The van der Waals surface area contributed by atoms with Crippen molar-refractivity contribution in [2.24, 2.45) is 0 Å². The van der Waals surface area contributed by atoms with Crippen LogP contribution in [0, 0.1) is 11.3 Å². The van der Waals surface area contributed by atoms with E-state index in [1.165, 1.54) is 0 Å². The van der Waals surface area contributed by atoms with Gasteiger partial charge in [0.05, 0.1) is 17.0 Å². The Morgan fingerprint density at radius 1 is 1.07 bits per heavy atom. The maximum atomic E-state index is 13.0. The van der Waals surface area contributed by atoms with Crippen molar-refractivity contribution >= 4 is 11.7 Å². The molecule has 29 heavy (non-hydrogen) atoms. The molecule has 0 atom stereocenters. The number of anilines is 1. The van der Waals surface area contributed by atoms with Crippen molar-refractivity contribution in [2.75, 3.05) is 12.1 Å². The lowest BCUT2D eigenvalue weighted by Gasteiger charge is -2.16. The lowest BCUT2D eigenvalue weighted by atomic mass is 9.94. The number of aromatic nitrogens is 1. The molecule has 1 aliphatic carbocycles. The number of amides is 1. The van der Waals surface area contributed by atoms with Crippen LogP contribution in [0.2, 0.25) is 0 Å². The molecular weight excluding hydrogens is 366 g/mol. The van der Waals surface area contributed by atoms with Gasteiger partial charge < -0.3 is 14.8 Å². The number of carbonyl (C=O) groups is 1. The summed E-state index contributed by atoms with van der Waals surface area (Å²) in [7, 11) is 0. The third kappa shape index (κ3) is 3.07. The van der Waals surface area contributed by atoms with E-state index < -0.39 is 5.41 Å². The Labute approximate surface area is 169 Å². The van der Waals surface area contributed by atoms with Crippen LogP contribution in [0.15, 0.2) is 60.8 Å². The fraction of sp³-hybridized carbons (Fsp3) is 0.174. The number of hydrogen-bond acceptors (Lipinski definition) is 5. The molecule has 2 aromatic carbocycles. The van der Waals surface area contributed by atoms with E-state index in [-0.39, 0.29) is 14.1 Å². The number of nitrogens with zero attached hydrogens (tertiary/aromatic N) is 2. The highest BCUT2D eigenvalue weighted by Gasteiger charge is 2.51. The van der Waals surface area contributed by atoms with Crippen LogP contribution in [0.5, 0.6) is 11.5 Å². The van der Waals surface area contributed by atoms with E-state index in [1.54, 1.807) is 18.3 Å². The van der Waals surface area contributed by atoms with Gasteiger partial charge in [-0.15, -0.1) is 0 Å².